The Morgan fingerprint density at radius 3 is 1.98 bits per heavy atom. The number of anilines is 4. The first-order valence-electron chi connectivity index (χ1n) is 32.0. The molecule has 3 nitrogen and oxygen atoms in total. The number of allylic oxidation sites excluding steroid dienone is 8. The highest BCUT2D eigenvalue weighted by Crippen LogP contribution is 2.60. The molecule has 9 aromatic rings. The SMILES string of the molecule is C=Cc1ccc(-c2ccc3c(c2)C2CC(c4ccc(N(C5=CCC(c6ccccc6)C=C5)c5ccc6c(c5)C(CCCCC(C)Oc5cc(C)c(-c7ccc(C=C)cc7)cc5C)(c5ccccc5)C5C=CC=CC65)cc4)C=CC2N3c2ccccc2)cc1. The summed E-state index contributed by atoms with van der Waals surface area (Å²) in [5, 5.41) is 0. The van der Waals surface area contributed by atoms with Crippen molar-refractivity contribution in [2.24, 2.45) is 5.92 Å². The Hall–Kier alpha value is -9.44. The molecule has 0 amide bonds. The van der Waals surface area contributed by atoms with E-state index in [0.717, 1.165) is 61.0 Å². The van der Waals surface area contributed by atoms with Gasteiger partial charge in [-0.2, -0.15) is 0 Å². The summed E-state index contributed by atoms with van der Waals surface area (Å²) in [6.07, 6.45) is 31.8. The minimum Gasteiger partial charge on any atom is -0.490 e. The molecule has 1 heterocycles. The van der Waals surface area contributed by atoms with Crippen LogP contribution < -0.4 is 14.5 Å². The molecule has 0 saturated carbocycles. The van der Waals surface area contributed by atoms with Crippen LogP contribution in [0.15, 0.2) is 286 Å². The third kappa shape index (κ3) is 10.7. The van der Waals surface area contributed by atoms with Crippen molar-refractivity contribution in [1.29, 1.82) is 0 Å². The molecule has 0 saturated heterocycles. The molecule has 0 bridgehead atoms. The highest BCUT2D eigenvalue weighted by Gasteiger charge is 2.51. The van der Waals surface area contributed by atoms with Gasteiger partial charge in [0.05, 0.1) is 12.1 Å². The van der Waals surface area contributed by atoms with Crippen molar-refractivity contribution < 1.29 is 4.74 Å². The monoisotopic (exact) mass is 1140 g/mol. The maximum atomic E-state index is 6.81. The molecule has 9 aromatic carbocycles. The molecule has 3 heteroatoms. The molecule has 5 aliphatic rings. The zero-order chi connectivity index (χ0) is 59.7. The standard InChI is InChI=1S/C85H78N2O/c1-6-61-30-34-65(35-31-61)68-42-50-82-78(55-68)79-56-69(43-51-83(79)87(82)71-26-15-10-16-27-71)66-40-46-73(47-41-66)86(72-44-38-64(39-45-72)63-22-11-8-12-23-63)74-48-49-76-75-28-17-18-29-80(75)85(81(76)57-74,70-24-13-9-14-25-70)52-20-19-21-60(5)88-84-54-58(3)77(53-59(84)4)67-36-32-62(7-2)33-37-67/h6-18,22-38,40-51,53-55,57,60,64,69,75,79-80,83H,1-2,19-21,39,52,56H2,3-5H3. The van der Waals surface area contributed by atoms with Crippen LogP contribution in [-0.2, 0) is 5.41 Å². The van der Waals surface area contributed by atoms with Gasteiger partial charge in [0, 0.05) is 63.5 Å². The van der Waals surface area contributed by atoms with Crippen LogP contribution in [0.5, 0.6) is 5.75 Å². The van der Waals surface area contributed by atoms with E-state index in [1.807, 2.05) is 12.2 Å². The van der Waals surface area contributed by atoms with Gasteiger partial charge in [0.15, 0.2) is 0 Å². The quantitative estimate of drug-likeness (QED) is 0.0629. The van der Waals surface area contributed by atoms with Gasteiger partial charge in [-0.25, -0.2) is 0 Å². The van der Waals surface area contributed by atoms with Crippen molar-refractivity contribution in [3.63, 3.8) is 0 Å². The first-order chi connectivity index (χ1) is 43.2. The summed E-state index contributed by atoms with van der Waals surface area (Å²) >= 11 is 0. The third-order valence-corrected chi connectivity index (χ3v) is 20.0. The average Bonchev–Trinajstić information content (AvgIpc) is 1.96. The molecular weight excluding hydrogens is 1060 g/mol. The van der Waals surface area contributed by atoms with E-state index in [9.17, 15) is 0 Å². The summed E-state index contributed by atoms with van der Waals surface area (Å²) < 4.78 is 6.81. The Labute approximate surface area is 522 Å². The number of unbranched alkanes of at least 4 members (excludes halogenated alkanes) is 1. The topological polar surface area (TPSA) is 15.7 Å². The van der Waals surface area contributed by atoms with Gasteiger partial charge in [0.25, 0.3) is 0 Å². The number of benzene rings is 9. The highest BCUT2D eigenvalue weighted by atomic mass is 16.5. The molecule has 8 atom stereocenters. The lowest BCUT2D eigenvalue weighted by molar-refractivity contribution is 0.203. The Bertz CT molecular complexity index is 4170. The van der Waals surface area contributed by atoms with Crippen molar-refractivity contribution in [2.45, 2.75) is 101 Å². The maximum absolute atomic E-state index is 6.81. The minimum atomic E-state index is -0.238. The molecule has 0 fully saturated rings. The molecule has 88 heavy (non-hydrogen) atoms. The second kappa shape index (κ2) is 24.4. The lowest BCUT2D eigenvalue weighted by Crippen LogP contribution is -2.34. The summed E-state index contributed by atoms with van der Waals surface area (Å²) in [4.78, 5) is 5.11. The Kier molecular flexibility index (Phi) is 15.6. The van der Waals surface area contributed by atoms with Crippen LogP contribution in [0, 0.1) is 19.8 Å². The number of hydrogen-bond acceptors (Lipinski definition) is 3. The van der Waals surface area contributed by atoms with Crippen molar-refractivity contribution in [2.75, 3.05) is 9.80 Å². The van der Waals surface area contributed by atoms with E-state index in [2.05, 4.69) is 311 Å². The van der Waals surface area contributed by atoms with Crippen molar-refractivity contribution in [3.8, 4) is 28.0 Å². The molecule has 0 radical (unpaired) electrons. The molecule has 8 unspecified atom stereocenters. The molecular formula is C85H78N2O. The Balaban J connectivity index is 0.774. The van der Waals surface area contributed by atoms with E-state index >= 15 is 0 Å². The Morgan fingerprint density at radius 2 is 1.26 bits per heavy atom. The van der Waals surface area contributed by atoms with Gasteiger partial charge < -0.3 is 14.5 Å². The van der Waals surface area contributed by atoms with Gasteiger partial charge in [0.2, 0.25) is 0 Å². The van der Waals surface area contributed by atoms with Crippen molar-refractivity contribution >= 4 is 34.9 Å². The third-order valence-electron chi connectivity index (χ3n) is 20.0. The zero-order valence-corrected chi connectivity index (χ0v) is 51.1. The second-order valence-corrected chi connectivity index (χ2v) is 25.2. The van der Waals surface area contributed by atoms with Crippen molar-refractivity contribution in [1.82, 2.24) is 0 Å². The minimum absolute atomic E-state index is 0.0740. The summed E-state index contributed by atoms with van der Waals surface area (Å²) in [5.74, 6) is 2.46. The van der Waals surface area contributed by atoms with Gasteiger partial charge in [-0.1, -0.05) is 232 Å². The molecule has 0 spiro atoms. The first kappa shape index (κ1) is 56.4. The Morgan fingerprint density at radius 1 is 0.591 bits per heavy atom. The van der Waals surface area contributed by atoms with Crippen molar-refractivity contribution in [3.05, 3.63) is 341 Å². The van der Waals surface area contributed by atoms with Gasteiger partial charge in [-0.05, 0) is 198 Å². The predicted molar refractivity (Wildman–Crippen MR) is 371 cm³/mol. The summed E-state index contributed by atoms with van der Waals surface area (Å²) in [7, 11) is 0. The zero-order valence-electron chi connectivity index (χ0n) is 51.1. The van der Waals surface area contributed by atoms with Gasteiger partial charge in [-0.15, -0.1) is 0 Å². The fraction of sp³-hybridized carbons (Fsp3) is 0.200. The van der Waals surface area contributed by atoms with Gasteiger partial charge in [0.1, 0.15) is 5.75 Å². The fourth-order valence-corrected chi connectivity index (χ4v) is 15.4. The number of rotatable bonds is 18. The maximum Gasteiger partial charge on any atom is 0.122 e. The van der Waals surface area contributed by atoms with Crippen LogP contribution in [0.4, 0.5) is 22.7 Å². The van der Waals surface area contributed by atoms with Crippen LogP contribution in [0.1, 0.15) is 125 Å². The van der Waals surface area contributed by atoms with Crippen LogP contribution in [0.2, 0.25) is 0 Å². The van der Waals surface area contributed by atoms with Gasteiger partial charge in [-0.3, -0.25) is 0 Å². The fourth-order valence-electron chi connectivity index (χ4n) is 15.4. The summed E-state index contributed by atoms with van der Waals surface area (Å²) in [5.41, 5.74) is 23.9. The molecule has 1 aliphatic heterocycles. The molecule has 0 N–H and O–H groups in total. The smallest absolute Gasteiger partial charge is 0.122 e. The van der Waals surface area contributed by atoms with E-state index in [-0.39, 0.29) is 35.3 Å². The number of nitrogens with zero attached hydrogens (tertiary/aromatic N) is 2. The normalized spacial score (nSPS) is 21.4. The number of para-hydroxylation sites is 1. The highest BCUT2D eigenvalue weighted by molar-refractivity contribution is 5.80. The lowest BCUT2D eigenvalue weighted by Gasteiger charge is -2.39. The van der Waals surface area contributed by atoms with Crippen LogP contribution in [0.25, 0.3) is 34.4 Å². The molecule has 14 rings (SSSR count). The number of aryl methyl sites for hydroxylation is 2. The molecule has 434 valence electrons. The van der Waals surface area contributed by atoms with E-state index in [4.69, 9.17) is 4.74 Å². The summed E-state index contributed by atoms with van der Waals surface area (Å²) in [6.45, 7) is 14.6. The summed E-state index contributed by atoms with van der Waals surface area (Å²) in [6, 6.07) is 79.8. The van der Waals surface area contributed by atoms with Gasteiger partial charge >= 0.3 is 0 Å². The van der Waals surface area contributed by atoms with Crippen LogP contribution in [-0.4, -0.2) is 12.1 Å². The van der Waals surface area contributed by atoms with E-state index < -0.39 is 0 Å². The average molecular weight is 1140 g/mol. The van der Waals surface area contributed by atoms with E-state index in [1.165, 1.54) is 89.6 Å². The molecule has 4 aliphatic carbocycles. The van der Waals surface area contributed by atoms with Crippen LogP contribution >= 0.6 is 0 Å². The largest absolute Gasteiger partial charge is 0.490 e. The number of hydrogen-bond donors (Lipinski definition) is 0. The van der Waals surface area contributed by atoms with E-state index in [0.29, 0.717) is 11.8 Å². The predicted octanol–water partition coefficient (Wildman–Crippen LogP) is 22.2. The first-order valence-corrected chi connectivity index (χ1v) is 32.0. The van der Waals surface area contributed by atoms with E-state index in [1.54, 1.807) is 0 Å². The van der Waals surface area contributed by atoms with Crippen LogP contribution in [0.3, 0.4) is 0 Å². The molecule has 0 aromatic heterocycles. The lowest BCUT2D eigenvalue weighted by atomic mass is 9.64. The number of fused-ring (bicyclic) bond motifs is 6. The number of ether oxygens (including phenoxy) is 1. The second-order valence-electron chi connectivity index (χ2n) is 25.2.